The van der Waals surface area contributed by atoms with Gasteiger partial charge in [0.1, 0.15) is 11.9 Å². The zero-order valence-corrected chi connectivity index (χ0v) is 19.7. The Morgan fingerprint density at radius 3 is 2.50 bits per heavy atom. The first-order valence-corrected chi connectivity index (χ1v) is 11.6. The fourth-order valence-corrected chi connectivity index (χ4v) is 4.49. The van der Waals surface area contributed by atoms with Gasteiger partial charge < -0.3 is 9.64 Å². The van der Waals surface area contributed by atoms with Crippen molar-refractivity contribution in [3.8, 4) is 17.1 Å². The predicted molar refractivity (Wildman–Crippen MR) is 128 cm³/mol. The fraction of sp³-hybridized carbons (Fsp3) is 0.400. The lowest BCUT2D eigenvalue weighted by molar-refractivity contribution is -0.133. The number of carbonyl (C=O) groups excluding carboxylic acids is 1. The lowest BCUT2D eigenvalue weighted by Gasteiger charge is -2.33. The van der Waals surface area contributed by atoms with Gasteiger partial charge in [0.05, 0.1) is 0 Å². The van der Waals surface area contributed by atoms with Crippen LogP contribution in [0.5, 0.6) is 5.75 Å². The summed E-state index contributed by atoms with van der Waals surface area (Å²) in [6, 6.07) is 14.3. The summed E-state index contributed by atoms with van der Waals surface area (Å²) in [5.41, 5.74) is 4.47. The maximum atomic E-state index is 12.9. The van der Waals surface area contributed by atoms with Crippen molar-refractivity contribution in [2.45, 2.75) is 52.7 Å². The van der Waals surface area contributed by atoms with E-state index in [2.05, 4.69) is 48.3 Å². The smallest absolute Gasteiger partial charge is 0.224 e. The molecule has 2 aromatic carbocycles. The summed E-state index contributed by atoms with van der Waals surface area (Å²) in [5.74, 6) is 1.90. The number of hydrogen-bond donors (Lipinski definition) is 1. The molecule has 0 bridgehead atoms. The number of rotatable bonds is 6. The summed E-state index contributed by atoms with van der Waals surface area (Å²) in [4.78, 5) is 14.8. The number of H-pyrrole nitrogens is 1. The molecule has 168 valence electrons. The van der Waals surface area contributed by atoms with Gasteiger partial charge in [-0.3, -0.25) is 14.5 Å². The molecule has 1 amide bonds. The minimum Gasteiger partial charge on any atom is -0.490 e. The highest BCUT2D eigenvalue weighted by Gasteiger charge is 2.25. The molecule has 1 N–H and O–H groups in total. The van der Waals surface area contributed by atoms with Gasteiger partial charge in [-0.15, -0.1) is 0 Å². The highest BCUT2D eigenvalue weighted by Crippen LogP contribution is 2.26. The minimum absolute atomic E-state index is 0.147. The van der Waals surface area contributed by atoms with Crippen LogP contribution in [0.1, 0.15) is 36.0 Å². The number of carbonyl (C=O) groups is 1. The van der Waals surface area contributed by atoms with Crippen LogP contribution in [0.15, 0.2) is 42.5 Å². The molecular formula is C25H30N4O2S. The van der Waals surface area contributed by atoms with Gasteiger partial charge in [0.2, 0.25) is 5.91 Å². The van der Waals surface area contributed by atoms with Gasteiger partial charge in [-0.1, -0.05) is 42.0 Å². The number of aromatic nitrogens is 3. The third-order valence-electron chi connectivity index (χ3n) is 6.07. The summed E-state index contributed by atoms with van der Waals surface area (Å²) < 4.78 is 8.74. The highest BCUT2D eigenvalue weighted by atomic mass is 32.1. The number of ether oxygens (including phenoxy) is 1. The second-order valence-electron chi connectivity index (χ2n) is 8.54. The van der Waals surface area contributed by atoms with Crippen LogP contribution in [-0.2, 0) is 11.3 Å². The monoisotopic (exact) mass is 450 g/mol. The van der Waals surface area contributed by atoms with Crippen molar-refractivity contribution in [1.29, 1.82) is 0 Å². The molecule has 1 saturated heterocycles. The summed E-state index contributed by atoms with van der Waals surface area (Å²) in [7, 11) is 0. The second kappa shape index (κ2) is 9.69. The number of nitrogens with zero attached hydrogens (tertiary/aromatic N) is 3. The van der Waals surface area contributed by atoms with E-state index in [-0.39, 0.29) is 12.0 Å². The van der Waals surface area contributed by atoms with Crippen LogP contribution in [0.25, 0.3) is 11.4 Å². The highest BCUT2D eigenvalue weighted by molar-refractivity contribution is 7.71. The summed E-state index contributed by atoms with van der Waals surface area (Å²) in [6.45, 7) is 8.15. The molecule has 2 heterocycles. The number of aryl methyl sites for hydroxylation is 3. The van der Waals surface area contributed by atoms with Gasteiger partial charge in [-0.2, -0.15) is 5.10 Å². The van der Waals surface area contributed by atoms with Crippen molar-refractivity contribution < 1.29 is 9.53 Å². The quantitative estimate of drug-likeness (QED) is 0.537. The van der Waals surface area contributed by atoms with Crippen molar-refractivity contribution in [1.82, 2.24) is 19.7 Å². The first-order chi connectivity index (χ1) is 15.4. The standard InChI is InChI=1S/C25H30N4O2S/c1-17-6-4-9-20(16-17)24-26-27-25(32)29(24)15-12-22(30)28-13-10-21(11-14-28)31-23-18(2)7-5-8-19(23)3/h4-9,16,21H,10-15H2,1-3H3,(H,27,32). The molecule has 3 aromatic rings. The summed E-state index contributed by atoms with van der Waals surface area (Å²) in [5, 5.41) is 7.26. The Morgan fingerprint density at radius 1 is 1.12 bits per heavy atom. The van der Waals surface area contributed by atoms with Gasteiger partial charge in [0, 0.05) is 44.5 Å². The van der Waals surface area contributed by atoms with Crippen molar-refractivity contribution in [3.05, 3.63) is 63.9 Å². The Balaban J connectivity index is 1.34. The number of nitrogens with one attached hydrogen (secondary N) is 1. The molecule has 7 heteroatoms. The van der Waals surface area contributed by atoms with Crippen molar-refractivity contribution in [3.63, 3.8) is 0 Å². The van der Waals surface area contributed by atoms with Gasteiger partial charge >= 0.3 is 0 Å². The molecule has 0 atom stereocenters. The van der Waals surface area contributed by atoms with E-state index < -0.39 is 0 Å². The minimum atomic E-state index is 0.147. The molecular weight excluding hydrogens is 420 g/mol. The van der Waals surface area contributed by atoms with Gasteiger partial charge in [0.15, 0.2) is 10.6 Å². The van der Waals surface area contributed by atoms with Crippen LogP contribution in [0.4, 0.5) is 0 Å². The average molecular weight is 451 g/mol. The SMILES string of the molecule is Cc1cccc(-c2n[nH]c(=S)n2CCC(=O)N2CCC(Oc3c(C)cccc3C)CC2)c1. The van der Waals surface area contributed by atoms with Crippen LogP contribution < -0.4 is 4.74 Å². The summed E-state index contributed by atoms with van der Waals surface area (Å²) >= 11 is 5.42. The molecule has 32 heavy (non-hydrogen) atoms. The van der Waals surface area contributed by atoms with E-state index in [1.54, 1.807) is 0 Å². The molecule has 0 saturated carbocycles. The van der Waals surface area contributed by atoms with Gasteiger partial charge in [0.25, 0.3) is 0 Å². The second-order valence-corrected chi connectivity index (χ2v) is 8.93. The number of hydrogen-bond acceptors (Lipinski definition) is 4. The average Bonchev–Trinajstić information content (AvgIpc) is 3.15. The maximum Gasteiger partial charge on any atom is 0.224 e. The van der Waals surface area contributed by atoms with Gasteiger partial charge in [-0.25, -0.2) is 0 Å². The topological polar surface area (TPSA) is 63.2 Å². The lowest BCUT2D eigenvalue weighted by Crippen LogP contribution is -2.42. The number of para-hydroxylation sites is 1. The summed E-state index contributed by atoms with van der Waals surface area (Å²) in [6.07, 6.45) is 2.24. The van der Waals surface area contributed by atoms with Crippen molar-refractivity contribution in [2.75, 3.05) is 13.1 Å². The number of benzene rings is 2. The molecule has 0 spiro atoms. The lowest BCUT2D eigenvalue weighted by atomic mass is 10.1. The molecule has 0 aliphatic carbocycles. The van der Waals surface area contributed by atoms with E-state index >= 15 is 0 Å². The van der Waals surface area contributed by atoms with E-state index in [1.165, 1.54) is 0 Å². The number of aromatic amines is 1. The van der Waals surface area contributed by atoms with Crippen LogP contribution >= 0.6 is 12.2 Å². The van der Waals surface area contributed by atoms with E-state index in [4.69, 9.17) is 17.0 Å². The normalized spacial score (nSPS) is 14.5. The Hall–Kier alpha value is -2.93. The molecule has 1 fully saturated rings. The zero-order chi connectivity index (χ0) is 22.7. The maximum absolute atomic E-state index is 12.9. The van der Waals surface area contributed by atoms with Crippen LogP contribution in [-0.4, -0.2) is 44.8 Å². The largest absolute Gasteiger partial charge is 0.490 e. The Morgan fingerprint density at radius 2 is 1.81 bits per heavy atom. The number of likely N-dealkylation sites (tertiary alicyclic amines) is 1. The molecule has 0 radical (unpaired) electrons. The van der Waals surface area contributed by atoms with E-state index in [9.17, 15) is 4.79 Å². The fourth-order valence-electron chi connectivity index (χ4n) is 4.27. The first-order valence-electron chi connectivity index (χ1n) is 11.2. The van der Waals surface area contributed by atoms with Crippen LogP contribution in [0.2, 0.25) is 0 Å². The number of amides is 1. The first kappa shape index (κ1) is 22.3. The predicted octanol–water partition coefficient (Wildman–Crippen LogP) is 4.99. The Kier molecular flexibility index (Phi) is 6.74. The zero-order valence-electron chi connectivity index (χ0n) is 18.9. The Bertz CT molecular complexity index is 1140. The third-order valence-corrected chi connectivity index (χ3v) is 6.38. The van der Waals surface area contributed by atoms with Gasteiger partial charge in [-0.05, 0) is 50.2 Å². The molecule has 1 aromatic heterocycles. The van der Waals surface area contributed by atoms with E-state index in [1.807, 2.05) is 34.6 Å². The molecule has 6 nitrogen and oxygen atoms in total. The number of piperidine rings is 1. The van der Waals surface area contributed by atoms with E-state index in [0.29, 0.717) is 17.7 Å². The molecule has 4 rings (SSSR count). The van der Waals surface area contributed by atoms with Crippen LogP contribution in [0.3, 0.4) is 0 Å². The third kappa shape index (κ3) is 4.93. The van der Waals surface area contributed by atoms with Crippen LogP contribution in [0, 0.1) is 25.5 Å². The molecule has 0 unspecified atom stereocenters. The van der Waals surface area contributed by atoms with E-state index in [0.717, 1.165) is 59.8 Å². The Labute approximate surface area is 194 Å². The molecule has 1 aliphatic rings. The van der Waals surface area contributed by atoms with Crippen molar-refractivity contribution in [2.24, 2.45) is 0 Å². The van der Waals surface area contributed by atoms with Crippen molar-refractivity contribution >= 4 is 18.1 Å². The molecule has 1 aliphatic heterocycles.